The maximum Gasteiger partial charge on any atom is 0.0682 e. The normalized spacial score (nSPS) is 25.1. The minimum atomic E-state index is 0.103. The van der Waals surface area contributed by atoms with Crippen LogP contribution in [0.1, 0.15) is 25.8 Å². The Bertz CT molecular complexity index is 394. The summed E-state index contributed by atoms with van der Waals surface area (Å²) in [6.45, 7) is 7.02. The van der Waals surface area contributed by atoms with Crippen LogP contribution in [0.2, 0.25) is 0 Å². The molecule has 0 saturated carbocycles. The molecule has 0 aliphatic carbocycles. The summed E-state index contributed by atoms with van der Waals surface area (Å²) in [5.74, 6) is 1.56. The lowest BCUT2D eigenvalue weighted by Gasteiger charge is -2.37. The van der Waals surface area contributed by atoms with Crippen LogP contribution in [0.5, 0.6) is 0 Å². The number of piperidine rings is 1. The molecule has 1 aromatic carbocycles. The van der Waals surface area contributed by atoms with Crippen LogP contribution in [-0.4, -0.2) is 18.2 Å². The highest BCUT2D eigenvalue weighted by Crippen LogP contribution is 2.32. The molecule has 2 unspecified atom stereocenters. The van der Waals surface area contributed by atoms with Crippen LogP contribution in [0, 0.1) is 11.8 Å². The van der Waals surface area contributed by atoms with E-state index in [0.717, 1.165) is 35.0 Å². The van der Waals surface area contributed by atoms with Gasteiger partial charge in [0, 0.05) is 17.6 Å². The van der Waals surface area contributed by atoms with Crippen LogP contribution in [0.3, 0.4) is 0 Å². The molecule has 3 heteroatoms. The number of halogens is 1. The average molecular weight is 298 g/mol. The van der Waals surface area contributed by atoms with Crippen LogP contribution in [0.15, 0.2) is 22.7 Å². The fourth-order valence-corrected chi connectivity index (χ4v) is 3.06. The molecule has 2 nitrogen and oxygen atoms in total. The maximum atomic E-state index is 9.11. The van der Waals surface area contributed by atoms with Gasteiger partial charge in [-0.2, -0.15) is 0 Å². The van der Waals surface area contributed by atoms with Crippen molar-refractivity contribution in [2.45, 2.75) is 26.9 Å². The smallest absolute Gasteiger partial charge is 0.0682 e. The molecular weight excluding hydrogens is 278 g/mol. The van der Waals surface area contributed by atoms with E-state index in [2.05, 4.69) is 40.7 Å². The zero-order valence-electron chi connectivity index (χ0n) is 10.5. The summed E-state index contributed by atoms with van der Waals surface area (Å²) < 4.78 is 1.09. The van der Waals surface area contributed by atoms with Gasteiger partial charge in [0.15, 0.2) is 0 Å². The number of nitrogens with zero attached hydrogens (tertiary/aromatic N) is 1. The first kappa shape index (κ1) is 12.9. The van der Waals surface area contributed by atoms with Crippen molar-refractivity contribution >= 4 is 21.6 Å². The summed E-state index contributed by atoms with van der Waals surface area (Å²) in [4.78, 5) is 2.44. The number of hydrogen-bond donors (Lipinski definition) is 1. The lowest BCUT2D eigenvalue weighted by atomic mass is 9.88. The zero-order chi connectivity index (χ0) is 12.4. The maximum absolute atomic E-state index is 9.11. The van der Waals surface area contributed by atoms with Crippen molar-refractivity contribution in [2.75, 3.05) is 18.0 Å². The van der Waals surface area contributed by atoms with Gasteiger partial charge in [-0.3, -0.25) is 0 Å². The molecule has 0 radical (unpaired) electrons. The van der Waals surface area contributed by atoms with Crippen molar-refractivity contribution in [3.05, 3.63) is 28.2 Å². The van der Waals surface area contributed by atoms with Crippen LogP contribution < -0.4 is 4.90 Å². The average Bonchev–Trinajstić information content (AvgIpc) is 2.32. The van der Waals surface area contributed by atoms with Gasteiger partial charge in [-0.1, -0.05) is 19.9 Å². The molecule has 1 aliphatic rings. The first-order valence-electron chi connectivity index (χ1n) is 6.26. The lowest BCUT2D eigenvalue weighted by molar-refractivity contribution is 0.281. The van der Waals surface area contributed by atoms with Gasteiger partial charge in [-0.15, -0.1) is 0 Å². The molecule has 2 atom stereocenters. The van der Waals surface area contributed by atoms with Gasteiger partial charge in [0.1, 0.15) is 0 Å². The Morgan fingerprint density at radius 3 is 2.71 bits per heavy atom. The summed E-state index contributed by atoms with van der Waals surface area (Å²) in [5.41, 5.74) is 2.21. The van der Waals surface area contributed by atoms with Gasteiger partial charge < -0.3 is 10.0 Å². The topological polar surface area (TPSA) is 23.5 Å². The summed E-state index contributed by atoms with van der Waals surface area (Å²) >= 11 is 3.61. The van der Waals surface area contributed by atoms with Crippen LogP contribution in [0.25, 0.3) is 0 Å². The Morgan fingerprint density at radius 1 is 1.35 bits per heavy atom. The van der Waals surface area contributed by atoms with Gasteiger partial charge in [0.25, 0.3) is 0 Å². The SMILES string of the molecule is CC1CCN(c2ccc(CO)cc2Br)CC1C. The van der Waals surface area contributed by atoms with Crippen LogP contribution in [0.4, 0.5) is 5.69 Å². The second kappa shape index (κ2) is 5.40. The predicted octanol–water partition coefficient (Wildman–Crippen LogP) is 3.42. The Balaban J connectivity index is 2.17. The van der Waals surface area contributed by atoms with Crippen molar-refractivity contribution in [1.29, 1.82) is 0 Å². The summed E-state index contributed by atoms with van der Waals surface area (Å²) in [7, 11) is 0. The third-order valence-electron chi connectivity index (χ3n) is 3.87. The molecule has 1 saturated heterocycles. The van der Waals surface area contributed by atoms with Crippen molar-refractivity contribution < 1.29 is 5.11 Å². The molecule has 1 aliphatic heterocycles. The van der Waals surface area contributed by atoms with Crippen LogP contribution in [-0.2, 0) is 6.61 Å². The summed E-state index contributed by atoms with van der Waals surface area (Å²) in [5, 5.41) is 9.11. The number of aliphatic hydroxyl groups is 1. The van der Waals surface area contributed by atoms with Crippen molar-refractivity contribution in [1.82, 2.24) is 0 Å². The highest BCUT2D eigenvalue weighted by Gasteiger charge is 2.23. The minimum absolute atomic E-state index is 0.103. The number of rotatable bonds is 2. The molecule has 0 amide bonds. The van der Waals surface area contributed by atoms with Crippen molar-refractivity contribution in [2.24, 2.45) is 11.8 Å². The van der Waals surface area contributed by atoms with E-state index in [9.17, 15) is 0 Å². The van der Waals surface area contributed by atoms with E-state index in [0.29, 0.717) is 0 Å². The Kier molecular flexibility index (Phi) is 4.10. The first-order chi connectivity index (χ1) is 8.11. The molecule has 1 fully saturated rings. The highest BCUT2D eigenvalue weighted by molar-refractivity contribution is 9.10. The quantitative estimate of drug-likeness (QED) is 0.904. The number of benzene rings is 1. The van der Waals surface area contributed by atoms with E-state index in [1.807, 2.05) is 12.1 Å². The molecule has 0 bridgehead atoms. The van der Waals surface area contributed by atoms with Gasteiger partial charge >= 0.3 is 0 Å². The molecule has 17 heavy (non-hydrogen) atoms. The van der Waals surface area contributed by atoms with E-state index in [4.69, 9.17) is 5.11 Å². The first-order valence-corrected chi connectivity index (χ1v) is 7.05. The molecule has 94 valence electrons. The van der Waals surface area contributed by atoms with Crippen LogP contribution >= 0.6 is 15.9 Å². The van der Waals surface area contributed by atoms with Crippen molar-refractivity contribution in [3.63, 3.8) is 0 Å². The molecule has 1 aromatic rings. The Labute approximate surface area is 112 Å². The van der Waals surface area contributed by atoms with Gasteiger partial charge in [0.2, 0.25) is 0 Å². The third-order valence-corrected chi connectivity index (χ3v) is 4.50. The molecule has 1 heterocycles. The highest BCUT2D eigenvalue weighted by atomic mass is 79.9. The lowest BCUT2D eigenvalue weighted by Crippen LogP contribution is -2.38. The van der Waals surface area contributed by atoms with E-state index in [1.165, 1.54) is 12.1 Å². The van der Waals surface area contributed by atoms with E-state index >= 15 is 0 Å². The minimum Gasteiger partial charge on any atom is -0.392 e. The monoisotopic (exact) mass is 297 g/mol. The van der Waals surface area contributed by atoms with Crippen molar-refractivity contribution in [3.8, 4) is 0 Å². The fourth-order valence-electron chi connectivity index (χ4n) is 2.39. The largest absolute Gasteiger partial charge is 0.392 e. The Hall–Kier alpha value is -0.540. The third kappa shape index (κ3) is 2.83. The molecular formula is C14H20BrNO. The van der Waals surface area contributed by atoms with E-state index < -0.39 is 0 Å². The zero-order valence-corrected chi connectivity index (χ0v) is 12.1. The van der Waals surface area contributed by atoms with Gasteiger partial charge in [-0.05, 0) is 51.9 Å². The molecule has 0 spiro atoms. The molecule has 1 N–H and O–H groups in total. The number of anilines is 1. The van der Waals surface area contributed by atoms with Gasteiger partial charge in [0.05, 0.1) is 12.3 Å². The second-order valence-electron chi connectivity index (χ2n) is 5.13. The second-order valence-corrected chi connectivity index (χ2v) is 5.99. The number of aliphatic hydroxyl groups excluding tert-OH is 1. The number of hydrogen-bond acceptors (Lipinski definition) is 2. The van der Waals surface area contributed by atoms with E-state index in [-0.39, 0.29) is 6.61 Å². The fraction of sp³-hybridized carbons (Fsp3) is 0.571. The predicted molar refractivity (Wildman–Crippen MR) is 75.2 cm³/mol. The molecule has 2 rings (SSSR count). The summed E-state index contributed by atoms with van der Waals surface area (Å²) in [6.07, 6.45) is 1.26. The van der Waals surface area contributed by atoms with Gasteiger partial charge in [-0.25, -0.2) is 0 Å². The Morgan fingerprint density at radius 2 is 2.12 bits per heavy atom. The van der Waals surface area contributed by atoms with E-state index in [1.54, 1.807) is 0 Å². The standard InChI is InChI=1S/C14H20BrNO/c1-10-5-6-16(8-11(10)2)14-4-3-12(9-17)7-13(14)15/h3-4,7,10-11,17H,5-6,8-9H2,1-2H3. The molecule has 0 aromatic heterocycles. The summed E-state index contributed by atoms with van der Waals surface area (Å²) in [6, 6.07) is 6.12.